The van der Waals surface area contributed by atoms with Gasteiger partial charge in [-0.25, -0.2) is 9.78 Å². The van der Waals surface area contributed by atoms with Crippen LogP contribution in [0.15, 0.2) is 40.1 Å². The Balaban J connectivity index is 1.79. The fourth-order valence-corrected chi connectivity index (χ4v) is 3.14. The highest BCUT2D eigenvalue weighted by Crippen LogP contribution is 2.21. The average Bonchev–Trinajstić information content (AvgIpc) is 2.86. The van der Waals surface area contributed by atoms with Gasteiger partial charge in [-0.3, -0.25) is 19.1 Å². The number of nitrogens with one attached hydrogen (secondary N) is 1. The molecule has 2 heterocycles. The minimum atomic E-state index is -0.576. The fraction of sp³-hybridized carbons (Fsp3) is 0.200. The second-order valence-corrected chi connectivity index (χ2v) is 6.11. The van der Waals surface area contributed by atoms with Crippen LogP contribution in [0.4, 0.5) is 0 Å². The van der Waals surface area contributed by atoms with Crippen LogP contribution in [0.25, 0.3) is 10.2 Å². The number of rotatable bonds is 4. The molecule has 7 heteroatoms. The van der Waals surface area contributed by atoms with Crippen molar-refractivity contribution in [3.8, 4) is 0 Å². The van der Waals surface area contributed by atoms with Gasteiger partial charge in [0.05, 0.1) is 23.2 Å². The molecule has 0 amide bonds. The second kappa shape index (κ2) is 5.69. The number of hydrogen-bond acceptors (Lipinski definition) is 5. The number of fused-ring (bicyclic) bond motifs is 1. The van der Waals surface area contributed by atoms with E-state index in [1.165, 1.54) is 22.1 Å². The summed E-state index contributed by atoms with van der Waals surface area (Å²) in [4.78, 5) is 41.7. The van der Waals surface area contributed by atoms with Crippen LogP contribution in [0.5, 0.6) is 0 Å². The van der Waals surface area contributed by atoms with Crippen LogP contribution in [0.2, 0.25) is 0 Å². The van der Waals surface area contributed by atoms with Crippen LogP contribution in [0.3, 0.4) is 0 Å². The molecule has 0 aliphatic heterocycles. The molecule has 1 aromatic carbocycles. The van der Waals surface area contributed by atoms with Gasteiger partial charge in [-0.05, 0) is 19.1 Å². The zero-order valence-electron chi connectivity index (χ0n) is 11.8. The number of aromatic nitrogens is 3. The Bertz CT molecular complexity index is 935. The number of thiazole rings is 1. The number of aryl methyl sites for hydroxylation is 1. The molecule has 0 spiro atoms. The number of Topliss-reactive ketones (excluding diaryl/α,β-unsaturated/α-hetero) is 1. The van der Waals surface area contributed by atoms with Gasteiger partial charge < -0.3 is 0 Å². The summed E-state index contributed by atoms with van der Waals surface area (Å²) in [6, 6.07) is 7.68. The van der Waals surface area contributed by atoms with E-state index in [-0.39, 0.29) is 18.7 Å². The number of carbonyl (C=O) groups is 1. The third kappa shape index (κ3) is 2.89. The average molecular weight is 315 g/mol. The summed E-state index contributed by atoms with van der Waals surface area (Å²) >= 11 is 1.47. The smallest absolute Gasteiger partial charge is 0.297 e. The van der Waals surface area contributed by atoms with Crippen molar-refractivity contribution in [2.24, 2.45) is 0 Å². The van der Waals surface area contributed by atoms with E-state index in [4.69, 9.17) is 0 Å². The Morgan fingerprint density at radius 1 is 1.32 bits per heavy atom. The number of ketones is 1. The molecule has 2 aromatic heterocycles. The van der Waals surface area contributed by atoms with E-state index in [9.17, 15) is 14.4 Å². The van der Waals surface area contributed by atoms with Gasteiger partial charge in [0.15, 0.2) is 5.78 Å². The lowest BCUT2D eigenvalue weighted by Gasteiger charge is -2.04. The van der Waals surface area contributed by atoms with Crippen LogP contribution in [-0.4, -0.2) is 20.3 Å². The molecule has 112 valence electrons. The highest BCUT2D eigenvalue weighted by Gasteiger charge is 2.11. The van der Waals surface area contributed by atoms with Gasteiger partial charge in [0, 0.05) is 11.8 Å². The number of para-hydroxylation sites is 1. The van der Waals surface area contributed by atoms with E-state index in [1.807, 2.05) is 24.3 Å². The van der Waals surface area contributed by atoms with Gasteiger partial charge in [0.1, 0.15) is 5.01 Å². The van der Waals surface area contributed by atoms with Gasteiger partial charge in [-0.2, -0.15) is 0 Å². The third-order valence-electron chi connectivity index (χ3n) is 3.22. The van der Waals surface area contributed by atoms with Gasteiger partial charge in [-0.1, -0.05) is 12.1 Å². The summed E-state index contributed by atoms with van der Waals surface area (Å²) in [5.41, 5.74) is 0.257. The Labute approximate surface area is 129 Å². The lowest BCUT2D eigenvalue weighted by atomic mass is 10.3. The topological polar surface area (TPSA) is 84.8 Å². The first-order valence-corrected chi connectivity index (χ1v) is 7.51. The van der Waals surface area contributed by atoms with Crippen molar-refractivity contribution in [2.45, 2.75) is 19.9 Å². The van der Waals surface area contributed by atoms with Crippen molar-refractivity contribution >= 4 is 27.3 Å². The number of hydrogen-bond donors (Lipinski definition) is 1. The van der Waals surface area contributed by atoms with Gasteiger partial charge in [-0.15, -0.1) is 11.3 Å². The van der Waals surface area contributed by atoms with E-state index in [0.29, 0.717) is 5.56 Å². The van der Waals surface area contributed by atoms with Gasteiger partial charge in [0.2, 0.25) is 0 Å². The Kier molecular flexibility index (Phi) is 3.72. The normalized spacial score (nSPS) is 11.0. The molecule has 0 radical (unpaired) electrons. The van der Waals surface area contributed by atoms with E-state index in [1.54, 1.807) is 6.92 Å². The number of aromatic amines is 1. The summed E-state index contributed by atoms with van der Waals surface area (Å²) in [6.45, 7) is 1.51. The number of benzene rings is 1. The Morgan fingerprint density at radius 2 is 2.09 bits per heavy atom. The molecule has 3 aromatic rings. The van der Waals surface area contributed by atoms with Crippen LogP contribution in [-0.2, 0) is 17.8 Å². The molecule has 0 aliphatic rings. The molecular weight excluding hydrogens is 302 g/mol. The Hall–Kier alpha value is -2.54. The lowest BCUT2D eigenvalue weighted by Crippen LogP contribution is -2.33. The molecule has 1 N–H and O–H groups in total. The zero-order chi connectivity index (χ0) is 15.7. The third-order valence-corrected chi connectivity index (χ3v) is 4.26. The molecule has 0 atom stereocenters. The predicted octanol–water partition coefficient (Wildman–Crippen LogP) is 1.27. The van der Waals surface area contributed by atoms with Gasteiger partial charge in [0.25, 0.3) is 5.56 Å². The largest absolute Gasteiger partial charge is 0.328 e. The summed E-state index contributed by atoms with van der Waals surface area (Å²) in [7, 11) is 0. The van der Waals surface area contributed by atoms with Crippen molar-refractivity contribution in [1.82, 2.24) is 14.5 Å². The standard InChI is InChI=1S/C15H13N3O3S/c1-9-7-18(15(21)17-14(9)20)8-10(19)6-13-16-11-4-2-3-5-12(11)22-13/h2-5,7H,6,8H2,1H3,(H,17,20,21). The predicted molar refractivity (Wildman–Crippen MR) is 84.4 cm³/mol. The Morgan fingerprint density at radius 3 is 2.86 bits per heavy atom. The molecule has 0 saturated heterocycles. The van der Waals surface area contributed by atoms with Crippen LogP contribution < -0.4 is 11.2 Å². The molecule has 6 nitrogen and oxygen atoms in total. The maximum atomic E-state index is 12.1. The second-order valence-electron chi connectivity index (χ2n) is 4.99. The molecule has 0 aliphatic carbocycles. The van der Waals surface area contributed by atoms with Crippen LogP contribution in [0.1, 0.15) is 10.6 Å². The van der Waals surface area contributed by atoms with Crippen molar-refractivity contribution < 1.29 is 4.79 Å². The number of carbonyl (C=O) groups excluding carboxylic acids is 1. The number of nitrogens with zero attached hydrogens (tertiary/aromatic N) is 2. The summed E-state index contributed by atoms with van der Waals surface area (Å²) in [5, 5.41) is 0.723. The SMILES string of the molecule is Cc1cn(CC(=O)Cc2nc3ccccc3s2)c(=O)[nH]c1=O. The summed E-state index contributed by atoms with van der Waals surface area (Å²) < 4.78 is 2.24. The van der Waals surface area contributed by atoms with Crippen molar-refractivity contribution in [3.63, 3.8) is 0 Å². The monoisotopic (exact) mass is 315 g/mol. The molecule has 0 fully saturated rings. The maximum absolute atomic E-state index is 12.1. The first-order chi connectivity index (χ1) is 10.5. The number of H-pyrrole nitrogens is 1. The van der Waals surface area contributed by atoms with E-state index < -0.39 is 11.2 Å². The van der Waals surface area contributed by atoms with E-state index >= 15 is 0 Å². The highest BCUT2D eigenvalue weighted by atomic mass is 32.1. The lowest BCUT2D eigenvalue weighted by molar-refractivity contribution is -0.119. The minimum Gasteiger partial charge on any atom is -0.297 e. The van der Waals surface area contributed by atoms with E-state index in [2.05, 4.69) is 9.97 Å². The summed E-state index contributed by atoms with van der Waals surface area (Å²) in [6.07, 6.45) is 1.57. The zero-order valence-corrected chi connectivity index (χ0v) is 12.6. The quantitative estimate of drug-likeness (QED) is 0.785. The molecule has 0 saturated carbocycles. The molecule has 3 rings (SSSR count). The molecule has 0 unspecified atom stereocenters. The van der Waals surface area contributed by atoms with Crippen LogP contribution in [0, 0.1) is 6.92 Å². The fourth-order valence-electron chi connectivity index (χ4n) is 2.15. The highest BCUT2D eigenvalue weighted by molar-refractivity contribution is 7.18. The first kappa shape index (κ1) is 14.4. The minimum absolute atomic E-state index is 0.0770. The van der Waals surface area contributed by atoms with Crippen LogP contribution >= 0.6 is 11.3 Å². The molecule has 0 bridgehead atoms. The molecule has 22 heavy (non-hydrogen) atoms. The van der Waals surface area contributed by atoms with E-state index in [0.717, 1.165) is 15.2 Å². The maximum Gasteiger partial charge on any atom is 0.328 e. The van der Waals surface area contributed by atoms with Gasteiger partial charge >= 0.3 is 5.69 Å². The van der Waals surface area contributed by atoms with Crippen molar-refractivity contribution in [2.75, 3.05) is 0 Å². The first-order valence-electron chi connectivity index (χ1n) is 6.69. The van der Waals surface area contributed by atoms with Crippen molar-refractivity contribution in [1.29, 1.82) is 0 Å². The van der Waals surface area contributed by atoms with Crippen molar-refractivity contribution in [3.05, 3.63) is 61.9 Å². The summed E-state index contributed by atoms with van der Waals surface area (Å²) in [5.74, 6) is -0.132. The molecular formula is C15H13N3O3S.